The molecule has 6 heteroatoms. The third-order valence-corrected chi connectivity index (χ3v) is 5.15. The smallest absolute Gasteiger partial charge is 0.225 e. The normalized spacial score (nSPS) is 17.2. The predicted octanol–water partition coefficient (Wildman–Crippen LogP) is 2.74. The minimum Gasteiger partial charge on any atom is -0.360 e. The van der Waals surface area contributed by atoms with Gasteiger partial charge in [0.25, 0.3) is 0 Å². The van der Waals surface area contributed by atoms with Crippen molar-refractivity contribution in [3.8, 4) is 0 Å². The molecule has 0 radical (unpaired) electrons. The van der Waals surface area contributed by atoms with Crippen molar-refractivity contribution >= 4 is 22.6 Å². The summed E-state index contributed by atoms with van der Waals surface area (Å²) in [6.45, 7) is 5.48. The van der Waals surface area contributed by atoms with Gasteiger partial charge in [0.05, 0.1) is 6.04 Å². The molecule has 26 heavy (non-hydrogen) atoms. The largest absolute Gasteiger partial charge is 0.360 e. The number of fused-ring (bicyclic) bond motifs is 1. The summed E-state index contributed by atoms with van der Waals surface area (Å²) in [7, 11) is 0. The number of Topliss-reactive ketones (excluding diaryl/α,β-unsaturated/α-hetero) is 1. The molecule has 4 rings (SSSR count). The number of nitrogens with one attached hydrogen (secondary N) is 1. The summed E-state index contributed by atoms with van der Waals surface area (Å²) in [6.07, 6.45) is 6.37. The van der Waals surface area contributed by atoms with E-state index in [-0.39, 0.29) is 11.8 Å². The molecule has 0 bridgehead atoms. The lowest BCUT2D eigenvalue weighted by molar-refractivity contribution is 0.0849. The Hall–Kier alpha value is -2.73. The zero-order valence-corrected chi connectivity index (χ0v) is 14.9. The monoisotopic (exact) mass is 349 g/mol. The summed E-state index contributed by atoms with van der Waals surface area (Å²) < 4.78 is 0. The van der Waals surface area contributed by atoms with Crippen molar-refractivity contribution in [2.45, 2.75) is 19.4 Å². The highest BCUT2D eigenvalue weighted by atomic mass is 16.1. The van der Waals surface area contributed by atoms with E-state index < -0.39 is 0 Å². The first-order valence-corrected chi connectivity index (χ1v) is 9.10. The lowest BCUT2D eigenvalue weighted by Gasteiger charge is -2.26. The second-order valence-electron chi connectivity index (χ2n) is 6.71. The average molecular weight is 349 g/mol. The quantitative estimate of drug-likeness (QED) is 0.734. The Morgan fingerprint density at radius 1 is 1.08 bits per heavy atom. The Bertz CT molecular complexity index is 891. The zero-order chi connectivity index (χ0) is 17.9. The number of H-pyrrole nitrogens is 1. The minimum absolute atomic E-state index is 0.147. The molecule has 0 saturated carbocycles. The van der Waals surface area contributed by atoms with Crippen molar-refractivity contribution in [2.24, 2.45) is 0 Å². The Morgan fingerprint density at radius 3 is 2.73 bits per heavy atom. The van der Waals surface area contributed by atoms with E-state index >= 15 is 0 Å². The van der Waals surface area contributed by atoms with Gasteiger partial charge < -0.3 is 9.88 Å². The van der Waals surface area contributed by atoms with E-state index in [0.717, 1.165) is 55.0 Å². The number of carbonyl (C=O) groups excluding carboxylic acids is 1. The highest BCUT2D eigenvalue weighted by Crippen LogP contribution is 2.21. The number of rotatable bonds is 4. The third kappa shape index (κ3) is 3.20. The number of aromatic amines is 1. The molecule has 1 atom stereocenters. The SMILES string of the molecule is C[C@H](C(=O)c1c[nH]c2ccccc12)N1CCCN(c2ncccn2)CC1. The lowest BCUT2D eigenvalue weighted by atomic mass is 10.0. The Labute approximate surface area is 152 Å². The van der Waals surface area contributed by atoms with Gasteiger partial charge in [-0.1, -0.05) is 18.2 Å². The molecular weight excluding hydrogens is 326 g/mol. The van der Waals surface area contributed by atoms with Crippen LogP contribution in [0.25, 0.3) is 10.9 Å². The molecule has 0 amide bonds. The highest BCUT2D eigenvalue weighted by molar-refractivity contribution is 6.10. The maximum Gasteiger partial charge on any atom is 0.225 e. The van der Waals surface area contributed by atoms with Gasteiger partial charge in [-0.05, 0) is 25.5 Å². The number of hydrogen-bond donors (Lipinski definition) is 1. The van der Waals surface area contributed by atoms with Crippen molar-refractivity contribution in [2.75, 3.05) is 31.1 Å². The second kappa shape index (κ2) is 7.25. The highest BCUT2D eigenvalue weighted by Gasteiger charge is 2.26. The van der Waals surface area contributed by atoms with Crippen LogP contribution in [0.3, 0.4) is 0 Å². The summed E-state index contributed by atoms with van der Waals surface area (Å²) in [5, 5.41) is 0.999. The molecule has 3 heterocycles. The molecule has 6 nitrogen and oxygen atoms in total. The standard InChI is InChI=1S/C20H23N5O/c1-15(19(26)17-14-23-18-7-3-2-6-16(17)18)24-10-5-11-25(13-12-24)20-21-8-4-9-22-20/h2-4,6-9,14-15,23H,5,10-13H2,1H3/t15-/m1/s1. The van der Waals surface area contributed by atoms with Gasteiger partial charge in [0, 0.05) is 61.2 Å². The molecule has 1 N–H and O–H groups in total. The van der Waals surface area contributed by atoms with Crippen LogP contribution >= 0.6 is 0 Å². The molecule has 0 aliphatic carbocycles. The molecule has 0 spiro atoms. The third-order valence-electron chi connectivity index (χ3n) is 5.15. The van der Waals surface area contributed by atoms with Gasteiger partial charge in [-0.25, -0.2) is 9.97 Å². The van der Waals surface area contributed by atoms with E-state index in [9.17, 15) is 4.79 Å². The van der Waals surface area contributed by atoms with Crippen molar-refractivity contribution in [3.05, 3.63) is 54.5 Å². The van der Waals surface area contributed by atoms with Gasteiger partial charge in [0.1, 0.15) is 0 Å². The van der Waals surface area contributed by atoms with Gasteiger partial charge in [-0.2, -0.15) is 0 Å². The van der Waals surface area contributed by atoms with E-state index in [2.05, 4.69) is 24.8 Å². The molecule has 0 unspecified atom stereocenters. The summed E-state index contributed by atoms with van der Waals surface area (Å²) in [5.74, 6) is 0.941. The molecule has 2 aromatic heterocycles. The summed E-state index contributed by atoms with van der Waals surface area (Å²) in [4.78, 5) is 29.5. The number of para-hydroxylation sites is 1. The van der Waals surface area contributed by atoms with E-state index in [4.69, 9.17) is 0 Å². The topological polar surface area (TPSA) is 65.1 Å². The van der Waals surface area contributed by atoms with E-state index in [1.54, 1.807) is 12.4 Å². The lowest BCUT2D eigenvalue weighted by Crippen LogP contribution is -2.41. The van der Waals surface area contributed by atoms with Crippen molar-refractivity contribution in [1.29, 1.82) is 0 Å². The second-order valence-corrected chi connectivity index (χ2v) is 6.71. The van der Waals surface area contributed by atoms with Gasteiger partial charge in [0.15, 0.2) is 5.78 Å². The molecule has 3 aromatic rings. The predicted molar refractivity (Wildman–Crippen MR) is 103 cm³/mol. The number of ketones is 1. The van der Waals surface area contributed by atoms with E-state index in [1.807, 2.05) is 43.5 Å². The first-order chi connectivity index (χ1) is 12.7. The fourth-order valence-electron chi connectivity index (χ4n) is 3.65. The fraction of sp³-hybridized carbons (Fsp3) is 0.350. The summed E-state index contributed by atoms with van der Waals surface area (Å²) in [6, 6.07) is 9.64. The van der Waals surface area contributed by atoms with Crippen molar-refractivity contribution < 1.29 is 4.79 Å². The maximum atomic E-state index is 13.1. The molecule has 134 valence electrons. The first kappa shape index (κ1) is 16.7. The molecule has 1 fully saturated rings. The number of aromatic nitrogens is 3. The molecule has 1 aliphatic heterocycles. The van der Waals surface area contributed by atoms with Crippen LogP contribution in [-0.4, -0.2) is 57.9 Å². The fourth-order valence-corrected chi connectivity index (χ4v) is 3.65. The number of hydrogen-bond acceptors (Lipinski definition) is 5. The molecule has 1 saturated heterocycles. The maximum absolute atomic E-state index is 13.1. The summed E-state index contributed by atoms with van der Waals surface area (Å²) in [5.41, 5.74) is 1.78. The zero-order valence-electron chi connectivity index (χ0n) is 14.9. The van der Waals surface area contributed by atoms with Gasteiger partial charge in [-0.15, -0.1) is 0 Å². The minimum atomic E-state index is -0.147. The number of nitrogens with zero attached hydrogens (tertiary/aromatic N) is 4. The van der Waals surface area contributed by atoms with Crippen LogP contribution < -0.4 is 4.90 Å². The Balaban J connectivity index is 1.48. The van der Waals surface area contributed by atoms with Crippen LogP contribution in [0.15, 0.2) is 48.9 Å². The van der Waals surface area contributed by atoms with Gasteiger partial charge in [-0.3, -0.25) is 9.69 Å². The van der Waals surface area contributed by atoms with E-state index in [0.29, 0.717) is 0 Å². The van der Waals surface area contributed by atoms with Gasteiger partial charge in [0.2, 0.25) is 5.95 Å². The van der Waals surface area contributed by atoms with Crippen LogP contribution in [0.5, 0.6) is 0 Å². The number of anilines is 1. The Morgan fingerprint density at radius 2 is 1.88 bits per heavy atom. The molecule has 1 aliphatic rings. The summed E-state index contributed by atoms with van der Waals surface area (Å²) >= 11 is 0. The van der Waals surface area contributed by atoms with Crippen LogP contribution in [0.4, 0.5) is 5.95 Å². The molecular formula is C20H23N5O. The van der Waals surface area contributed by atoms with Crippen LogP contribution in [0.1, 0.15) is 23.7 Å². The number of benzene rings is 1. The Kier molecular flexibility index (Phi) is 4.67. The first-order valence-electron chi connectivity index (χ1n) is 9.10. The number of carbonyl (C=O) groups is 1. The molecule has 1 aromatic carbocycles. The van der Waals surface area contributed by atoms with Gasteiger partial charge >= 0.3 is 0 Å². The van der Waals surface area contributed by atoms with Crippen LogP contribution in [-0.2, 0) is 0 Å². The van der Waals surface area contributed by atoms with E-state index in [1.165, 1.54) is 0 Å². The van der Waals surface area contributed by atoms with Crippen LogP contribution in [0.2, 0.25) is 0 Å². The van der Waals surface area contributed by atoms with Crippen molar-refractivity contribution in [3.63, 3.8) is 0 Å². The van der Waals surface area contributed by atoms with Crippen molar-refractivity contribution in [1.82, 2.24) is 19.9 Å². The average Bonchev–Trinajstić information content (AvgIpc) is 2.96. The van der Waals surface area contributed by atoms with Crippen LogP contribution in [0, 0.1) is 0 Å².